The molecule has 0 aliphatic carbocycles. The molecule has 2 N–H and O–H groups in total. The third-order valence-corrected chi connectivity index (χ3v) is 3.75. The second-order valence-corrected chi connectivity index (χ2v) is 5.71. The van der Waals surface area contributed by atoms with Crippen molar-refractivity contribution in [1.29, 1.82) is 0 Å². The summed E-state index contributed by atoms with van der Waals surface area (Å²) in [7, 11) is 0. The number of benzene rings is 1. The molecule has 0 atom stereocenters. The number of phenols is 1. The average molecular weight is 321 g/mol. The highest BCUT2D eigenvalue weighted by molar-refractivity contribution is 7.09. The fourth-order valence-corrected chi connectivity index (χ4v) is 2.51. The molecule has 0 aliphatic heterocycles. The van der Waals surface area contributed by atoms with Gasteiger partial charge < -0.3 is 5.11 Å². The molecule has 7 heteroatoms. The van der Waals surface area contributed by atoms with Crippen molar-refractivity contribution in [3.63, 3.8) is 0 Å². The third-order valence-electron chi connectivity index (χ3n) is 2.93. The molecule has 0 fully saturated rings. The molecule has 1 aromatic heterocycles. The molecule has 0 bridgehead atoms. The Morgan fingerprint density at radius 1 is 1.50 bits per heavy atom. The van der Waals surface area contributed by atoms with E-state index in [1.54, 1.807) is 6.92 Å². The monoisotopic (exact) mass is 321 g/mol. The summed E-state index contributed by atoms with van der Waals surface area (Å²) < 4.78 is 13.3. The summed E-state index contributed by atoms with van der Waals surface area (Å²) in [5.41, 5.74) is 3.77. The van der Waals surface area contributed by atoms with Crippen LogP contribution < -0.4 is 5.43 Å². The molecule has 0 aliphatic rings. The number of hydrogen-bond donors (Lipinski definition) is 2. The van der Waals surface area contributed by atoms with Gasteiger partial charge in [-0.15, -0.1) is 11.3 Å². The van der Waals surface area contributed by atoms with Crippen LogP contribution in [-0.4, -0.2) is 21.7 Å². The molecule has 1 amide bonds. The zero-order chi connectivity index (χ0) is 16.1. The number of thiazole rings is 1. The van der Waals surface area contributed by atoms with Crippen molar-refractivity contribution in [3.8, 4) is 5.75 Å². The Labute approximate surface area is 131 Å². The maximum absolute atomic E-state index is 13.3. The van der Waals surface area contributed by atoms with Crippen LogP contribution in [0.1, 0.15) is 29.6 Å². The van der Waals surface area contributed by atoms with Gasteiger partial charge in [0.2, 0.25) is 5.91 Å². The largest absolute Gasteiger partial charge is 0.507 e. The van der Waals surface area contributed by atoms with Gasteiger partial charge in [-0.25, -0.2) is 14.8 Å². The molecule has 0 spiro atoms. The third kappa shape index (κ3) is 4.11. The minimum absolute atomic E-state index is 0.0774. The van der Waals surface area contributed by atoms with Crippen molar-refractivity contribution in [3.05, 3.63) is 45.7 Å². The normalized spacial score (nSPS) is 11.5. The lowest BCUT2D eigenvalue weighted by Gasteiger charge is -2.07. The maximum atomic E-state index is 13.3. The van der Waals surface area contributed by atoms with E-state index in [1.807, 2.05) is 12.3 Å². The Bertz CT molecular complexity index is 713. The van der Waals surface area contributed by atoms with E-state index < -0.39 is 5.82 Å². The number of nitrogens with one attached hydrogen (secondary N) is 1. The van der Waals surface area contributed by atoms with Crippen LogP contribution in [0.5, 0.6) is 5.75 Å². The van der Waals surface area contributed by atoms with Crippen molar-refractivity contribution in [2.75, 3.05) is 0 Å². The number of hydrogen-bond acceptors (Lipinski definition) is 5. The number of carbonyl (C=O) groups excluding carboxylic acids is 1. The van der Waals surface area contributed by atoms with Crippen LogP contribution in [0.25, 0.3) is 0 Å². The highest BCUT2D eigenvalue weighted by Crippen LogP contribution is 2.20. The standard InChI is InChI=1S/C15H16FN3O2S/c1-3-13(12-6-10(16)4-5-14(12)20)18-19-15(21)7-11-8-22-9(2)17-11/h4-6,8,20H,3,7H2,1-2H3,(H,19,21)/b18-13+. The molecule has 22 heavy (non-hydrogen) atoms. The summed E-state index contributed by atoms with van der Waals surface area (Å²) in [6.45, 7) is 3.67. The lowest BCUT2D eigenvalue weighted by molar-refractivity contribution is -0.120. The summed E-state index contributed by atoms with van der Waals surface area (Å²) in [6.07, 6.45) is 0.563. The molecule has 5 nitrogen and oxygen atoms in total. The SMILES string of the molecule is CC/C(=N\NC(=O)Cc1csc(C)n1)c1cc(F)ccc1O. The van der Waals surface area contributed by atoms with E-state index in [4.69, 9.17) is 0 Å². The Balaban J connectivity index is 2.09. The second kappa shape index (κ2) is 7.13. The zero-order valence-electron chi connectivity index (χ0n) is 12.3. The van der Waals surface area contributed by atoms with Gasteiger partial charge in [-0.3, -0.25) is 4.79 Å². The molecular formula is C15H16FN3O2S. The quantitative estimate of drug-likeness (QED) is 0.657. The van der Waals surface area contributed by atoms with E-state index in [9.17, 15) is 14.3 Å². The van der Waals surface area contributed by atoms with E-state index in [-0.39, 0.29) is 23.6 Å². The number of nitrogens with zero attached hydrogens (tertiary/aromatic N) is 2. The fraction of sp³-hybridized carbons (Fsp3) is 0.267. The topological polar surface area (TPSA) is 74.6 Å². The van der Waals surface area contributed by atoms with Gasteiger partial charge in [0.1, 0.15) is 11.6 Å². The number of hydrazone groups is 1. The lowest BCUT2D eigenvalue weighted by Crippen LogP contribution is -2.22. The first-order valence-electron chi connectivity index (χ1n) is 6.75. The summed E-state index contributed by atoms with van der Waals surface area (Å²) in [5, 5.41) is 16.5. The minimum atomic E-state index is -0.474. The van der Waals surface area contributed by atoms with Crippen LogP contribution in [0.15, 0.2) is 28.7 Å². The van der Waals surface area contributed by atoms with Gasteiger partial charge in [0.25, 0.3) is 0 Å². The van der Waals surface area contributed by atoms with Gasteiger partial charge in [-0.05, 0) is 31.5 Å². The average Bonchev–Trinajstić information content (AvgIpc) is 2.88. The van der Waals surface area contributed by atoms with E-state index in [1.165, 1.54) is 23.5 Å². The van der Waals surface area contributed by atoms with E-state index >= 15 is 0 Å². The number of aromatic nitrogens is 1. The highest BCUT2D eigenvalue weighted by Gasteiger charge is 2.10. The highest BCUT2D eigenvalue weighted by atomic mass is 32.1. The van der Waals surface area contributed by atoms with Crippen LogP contribution in [0.2, 0.25) is 0 Å². The molecule has 0 unspecified atom stereocenters. The predicted octanol–water partition coefficient (Wildman–Crippen LogP) is 2.77. The van der Waals surface area contributed by atoms with Gasteiger partial charge in [0, 0.05) is 10.9 Å². The minimum Gasteiger partial charge on any atom is -0.507 e. The van der Waals surface area contributed by atoms with Gasteiger partial charge in [0.05, 0.1) is 22.8 Å². The summed E-state index contributed by atoms with van der Waals surface area (Å²) in [4.78, 5) is 16.0. The first-order valence-corrected chi connectivity index (χ1v) is 7.63. The smallest absolute Gasteiger partial charge is 0.246 e. The van der Waals surface area contributed by atoms with Gasteiger partial charge in [0.15, 0.2) is 0 Å². The number of halogens is 1. The zero-order valence-corrected chi connectivity index (χ0v) is 13.1. The Kier molecular flexibility index (Phi) is 5.21. The molecule has 0 saturated heterocycles. The first kappa shape index (κ1) is 16.1. The van der Waals surface area contributed by atoms with Crippen LogP contribution in [-0.2, 0) is 11.2 Å². The molecule has 116 valence electrons. The molecule has 1 aromatic carbocycles. The number of aromatic hydroxyl groups is 1. The number of phenolic OH excluding ortho intramolecular Hbond substituents is 1. The number of rotatable bonds is 5. The van der Waals surface area contributed by atoms with Gasteiger partial charge in [-0.2, -0.15) is 5.10 Å². The maximum Gasteiger partial charge on any atom is 0.246 e. The summed E-state index contributed by atoms with van der Waals surface area (Å²) in [6, 6.07) is 3.61. The first-order chi connectivity index (χ1) is 10.5. The summed E-state index contributed by atoms with van der Waals surface area (Å²) >= 11 is 1.47. The lowest BCUT2D eigenvalue weighted by atomic mass is 10.1. The van der Waals surface area contributed by atoms with E-state index in [0.29, 0.717) is 17.8 Å². The molecule has 0 radical (unpaired) electrons. The number of aryl methyl sites for hydroxylation is 1. The van der Waals surface area contributed by atoms with Crippen molar-refractivity contribution < 1.29 is 14.3 Å². The molecular weight excluding hydrogens is 305 g/mol. The van der Waals surface area contributed by atoms with Crippen LogP contribution in [0, 0.1) is 12.7 Å². The molecule has 0 saturated carbocycles. The van der Waals surface area contributed by atoms with Gasteiger partial charge in [-0.1, -0.05) is 6.92 Å². The summed E-state index contributed by atoms with van der Waals surface area (Å²) in [5.74, 6) is -0.864. The van der Waals surface area contributed by atoms with Crippen LogP contribution in [0.3, 0.4) is 0 Å². The fourth-order valence-electron chi connectivity index (χ4n) is 1.89. The predicted molar refractivity (Wildman–Crippen MR) is 83.6 cm³/mol. The second-order valence-electron chi connectivity index (χ2n) is 4.64. The van der Waals surface area contributed by atoms with E-state index in [0.717, 1.165) is 11.1 Å². The molecule has 2 rings (SSSR count). The van der Waals surface area contributed by atoms with Crippen LogP contribution in [0.4, 0.5) is 4.39 Å². The molecule has 2 aromatic rings. The molecule has 1 heterocycles. The van der Waals surface area contributed by atoms with Crippen molar-refractivity contribution in [2.24, 2.45) is 5.10 Å². The van der Waals surface area contributed by atoms with E-state index in [2.05, 4.69) is 15.5 Å². The number of carbonyl (C=O) groups is 1. The number of amides is 1. The Morgan fingerprint density at radius 2 is 2.27 bits per heavy atom. The van der Waals surface area contributed by atoms with Crippen molar-refractivity contribution in [2.45, 2.75) is 26.7 Å². The van der Waals surface area contributed by atoms with Crippen LogP contribution >= 0.6 is 11.3 Å². The Morgan fingerprint density at radius 3 is 2.91 bits per heavy atom. The van der Waals surface area contributed by atoms with Gasteiger partial charge >= 0.3 is 0 Å². The van der Waals surface area contributed by atoms with Crippen molar-refractivity contribution in [1.82, 2.24) is 10.4 Å². The Hall–Kier alpha value is -2.28. The van der Waals surface area contributed by atoms with Crippen molar-refractivity contribution >= 4 is 23.0 Å².